The van der Waals surface area contributed by atoms with Gasteiger partial charge in [0.1, 0.15) is 0 Å². The molecule has 0 unspecified atom stereocenters. The van der Waals surface area contributed by atoms with Crippen molar-refractivity contribution in [2.75, 3.05) is 27.2 Å². The van der Waals surface area contributed by atoms with Crippen molar-refractivity contribution in [1.82, 2.24) is 9.88 Å². The van der Waals surface area contributed by atoms with Crippen molar-refractivity contribution in [3.63, 3.8) is 0 Å². The van der Waals surface area contributed by atoms with Gasteiger partial charge in [0, 0.05) is 4.88 Å². The molecule has 2 aromatic rings. The maximum Gasteiger partial charge on any atom is 0.355 e. The van der Waals surface area contributed by atoms with Crippen LogP contribution in [-0.2, 0) is 12.8 Å². The third-order valence-corrected chi connectivity index (χ3v) is 4.61. The Morgan fingerprint density at radius 1 is 1.32 bits per heavy atom. The van der Waals surface area contributed by atoms with E-state index in [1.54, 1.807) is 6.07 Å². The highest BCUT2D eigenvalue weighted by Crippen LogP contribution is 2.20. The van der Waals surface area contributed by atoms with E-state index >= 15 is 0 Å². The summed E-state index contributed by atoms with van der Waals surface area (Å²) < 4.78 is 19.6. The summed E-state index contributed by atoms with van der Waals surface area (Å²) in [6, 6.07) is 5.08. The van der Waals surface area contributed by atoms with E-state index in [1.165, 1.54) is 22.9 Å². The molecule has 0 saturated carbocycles. The molecule has 1 heterocycles. The Labute approximate surface area is 151 Å². The number of hydrogen-bond donors (Lipinski definition) is 1. The zero-order valence-corrected chi connectivity index (χ0v) is 15.3. The highest BCUT2D eigenvalue weighted by atomic mass is 32.1. The lowest BCUT2D eigenvalue weighted by Gasteiger charge is -2.10. The van der Waals surface area contributed by atoms with Crippen LogP contribution in [0.5, 0.6) is 5.75 Å². The predicted molar refractivity (Wildman–Crippen MR) is 96.2 cm³/mol. The second kappa shape index (κ2) is 9.48. The molecule has 0 aliphatic heterocycles. The number of ether oxygens (including phenoxy) is 1. The van der Waals surface area contributed by atoms with Gasteiger partial charge in [-0.25, -0.2) is 14.2 Å². The first-order valence-electron chi connectivity index (χ1n) is 8.19. The molecule has 0 bridgehead atoms. The molecule has 0 radical (unpaired) electrons. The largest absolute Gasteiger partial charge is 0.491 e. The molecular formula is C18H23FN2O3S. The Morgan fingerprint density at radius 3 is 2.80 bits per heavy atom. The van der Waals surface area contributed by atoms with Crippen LogP contribution in [-0.4, -0.2) is 48.2 Å². The van der Waals surface area contributed by atoms with E-state index in [2.05, 4.69) is 9.88 Å². The molecule has 0 aliphatic rings. The molecule has 7 heteroatoms. The number of halogens is 1. The van der Waals surface area contributed by atoms with E-state index in [0.29, 0.717) is 24.3 Å². The maximum atomic E-state index is 14.1. The number of thiazole rings is 1. The number of aromatic carboxylic acids is 1. The minimum atomic E-state index is -1.02. The molecular weight excluding hydrogens is 343 g/mol. The average Bonchev–Trinajstić information content (AvgIpc) is 3.01. The minimum Gasteiger partial charge on any atom is -0.491 e. The zero-order valence-electron chi connectivity index (χ0n) is 14.5. The molecule has 0 saturated heterocycles. The molecule has 0 aliphatic carbocycles. The van der Waals surface area contributed by atoms with Crippen LogP contribution in [0.4, 0.5) is 4.39 Å². The van der Waals surface area contributed by atoms with Gasteiger partial charge in [0.05, 0.1) is 12.1 Å². The number of rotatable bonds is 10. The summed E-state index contributed by atoms with van der Waals surface area (Å²) >= 11 is 1.31. The monoisotopic (exact) mass is 366 g/mol. The fraction of sp³-hybridized carbons (Fsp3) is 0.444. The zero-order chi connectivity index (χ0) is 18.2. The Bertz CT molecular complexity index is 703. The highest BCUT2D eigenvalue weighted by Gasteiger charge is 2.13. The number of aryl methyl sites for hydroxylation is 2. The number of carboxylic acids is 1. The first-order chi connectivity index (χ1) is 12.0. The van der Waals surface area contributed by atoms with Crippen LogP contribution in [0.2, 0.25) is 0 Å². The molecule has 0 spiro atoms. The summed E-state index contributed by atoms with van der Waals surface area (Å²) in [6.45, 7) is 1.30. The van der Waals surface area contributed by atoms with Crippen LogP contribution in [0.1, 0.15) is 33.8 Å². The van der Waals surface area contributed by atoms with Gasteiger partial charge in [-0.15, -0.1) is 11.3 Å². The molecule has 5 nitrogen and oxygen atoms in total. The first-order valence-corrected chi connectivity index (χ1v) is 9.07. The molecule has 1 N–H and O–H groups in total. The van der Waals surface area contributed by atoms with E-state index in [9.17, 15) is 9.18 Å². The van der Waals surface area contributed by atoms with Gasteiger partial charge in [-0.05, 0) is 64.0 Å². The second-order valence-corrected chi connectivity index (χ2v) is 6.99. The molecule has 25 heavy (non-hydrogen) atoms. The molecule has 1 aromatic heterocycles. The molecule has 2 rings (SSSR count). The Hall–Kier alpha value is -1.99. The van der Waals surface area contributed by atoms with Gasteiger partial charge in [0.25, 0.3) is 0 Å². The summed E-state index contributed by atoms with van der Waals surface area (Å²) in [6.07, 6.45) is 2.97. The molecule has 0 amide bonds. The van der Waals surface area contributed by atoms with Crippen molar-refractivity contribution < 1.29 is 19.0 Å². The minimum absolute atomic E-state index is 0.0956. The predicted octanol–water partition coefficient (Wildman–Crippen LogP) is 3.49. The molecule has 0 fully saturated rings. The maximum absolute atomic E-state index is 14.1. The fourth-order valence-corrected chi connectivity index (χ4v) is 3.25. The van der Waals surface area contributed by atoms with E-state index in [1.807, 2.05) is 20.2 Å². The summed E-state index contributed by atoms with van der Waals surface area (Å²) in [5.74, 6) is -1.14. The van der Waals surface area contributed by atoms with Crippen LogP contribution in [0.25, 0.3) is 0 Å². The first kappa shape index (κ1) is 19.3. The Kier molecular flexibility index (Phi) is 7.33. The smallest absolute Gasteiger partial charge is 0.355 e. The number of aromatic nitrogens is 1. The van der Waals surface area contributed by atoms with Crippen molar-refractivity contribution >= 4 is 17.3 Å². The van der Waals surface area contributed by atoms with Crippen molar-refractivity contribution in [3.8, 4) is 5.75 Å². The summed E-state index contributed by atoms with van der Waals surface area (Å²) in [5, 5.41) is 9.00. The molecule has 1 aromatic carbocycles. The lowest BCUT2D eigenvalue weighted by molar-refractivity contribution is 0.0690. The van der Waals surface area contributed by atoms with Gasteiger partial charge in [-0.3, -0.25) is 0 Å². The topological polar surface area (TPSA) is 62.7 Å². The van der Waals surface area contributed by atoms with Crippen molar-refractivity contribution in [2.45, 2.75) is 25.7 Å². The summed E-state index contributed by atoms with van der Waals surface area (Å²) in [5.41, 5.74) is 2.58. The van der Waals surface area contributed by atoms with Crippen LogP contribution >= 0.6 is 11.3 Å². The number of hydrogen-bond acceptors (Lipinski definition) is 5. The average molecular weight is 366 g/mol. The number of carboxylic acid groups (broad SMARTS) is 1. The van der Waals surface area contributed by atoms with Crippen molar-refractivity contribution in [1.29, 1.82) is 0 Å². The quantitative estimate of drug-likeness (QED) is 0.652. The van der Waals surface area contributed by atoms with Gasteiger partial charge in [0.2, 0.25) is 0 Å². The molecule has 136 valence electrons. The lowest BCUT2D eigenvalue weighted by atomic mass is 10.1. The lowest BCUT2D eigenvalue weighted by Crippen LogP contribution is -2.13. The molecule has 0 atom stereocenters. The third kappa shape index (κ3) is 6.10. The Morgan fingerprint density at radius 2 is 2.12 bits per heavy atom. The summed E-state index contributed by atoms with van der Waals surface area (Å²) in [4.78, 5) is 17.6. The van der Waals surface area contributed by atoms with Crippen LogP contribution < -0.4 is 4.74 Å². The Balaban J connectivity index is 1.79. The normalized spacial score (nSPS) is 11.0. The van der Waals surface area contributed by atoms with E-state index in [4.69, 9.17) is 9.84 Å². The third-order valence-electron chi connectivity index (χ3n) is 3.72. The van der Waals surface area contributed by atoms with Gasteiger partial charge in [-0.1, -0.05) is 6.07 Å². The fourth-order valence-electron chi connectivity index (χ4n) is 2.45. The van der Waals surface area contributed by atoms with Gasteiger partial charge in [-0.2, -0.15) is 0 Å². The van der Waals surface area contributed by atoms with Gasteiger partial charge >= 0.3 is 5.97 Å². The number of nitrogens with zero attached hydrogens (tertiary/aromatic N) is 2. The summed E-state index contributed by atoms with van der Waals surface area (Å²) in [7, 11) is 4.03. The van der Waals surface area contributed by atoms with E-state index < -0.39 is 5.97 Å². The van der Waals surface area contributed by atoms with Gasteiger partial charge in [0.15, 0.2) is 17.3 Å². The standard InChI is InChI=1S/C18H23FN2O3S/c1-21(2)9-3-5-13-7-8-15(14(19)11-13)24-10-4-6-16-17(18(22)23)20-12-25-16/h7-8,11-12H,3-6,9-10H2,1-2H3,(H,22,23). The van der Waals surface area contributed by atoms with E-state index in [-0.39, 0.29) is 17.3 Å². The highest BCUT2D eigenvalue weighted by molar-refractivity contribution is 7.09. The van der Waals surface area contributed by atoms with E-state index in [0.717, 1.165) is 24.9 Å². The van der Waals surface area contributed by atoms with Crippen LogP contribution in [0.3, 0.4) is 0 Å². The van der Waals surface area contributed by atoms with Gasteiger partial charge < -0.3 is 14.7 Å². The van der Waals surface area contributed by atoms with Crippen molar-refractivity contribution in [2.24, 2.45) is 0 Å². The second-order valence-electron chi connectivity index (χ2n) is 6.05. The van der Waals surface area contributed by atoms with Crippen molar-refractivity contribution in [3.05, 3.63) is 45.7 Å². The van der Waals surface area contributed by atoms with Crippen LogP contribution in [0, 0.1) is 5.82 Å². The van der Waals surface area contributed by atoms with Crippen LogP contribution in [0.15, 0.2) is 23.7 Å². The number of benzene rings is 1. The SMILES string of the molecule is CN(C)CCCc1ccc(OCCCc2scnc2C(=O)O)c(F)c1. The number of carbonyl (C=O) groups is 1.